The molecular formula is C18H13N3OS2. The van der Waals surface area contributed by atoms with Crippen molar-refractivity contribution in [1.29, 1.82) is 0 Å². The van der Waals surface area contributed by atoms with Gasteiger partial charge in [-0.3, -0.25) is 0 Å². The lowest BCUT2D eigenvalue weighted by atomic mass is 10.2. The summed E-state index contributed by atoms with van der Waals surface area (Å²) in [6.45, 7) is 0. The van der Waals surface area contributed by atoms with E-state index in [4.69, 9.17) is 4.42 Å². The highest BCUT2D eigenvalue weighted by molar-refractivity contribution is 8.00. The Morgan fingerprint density at radius 2 is 1.58 bits per heavy atom. The topological polar surface area (TPSA) is 51.8 Å². The Morgan fingerprint density at radius 3 is 2.33 bits per heavy atom. The molecule has 2 aromatic carbocycles. The van der Waals surface area contributed by atoms with Crippen molar-refractivity contribution in [3.63, 3.8) is 0 Å². The molecule has 0 N–H and O–H groups in total. The molecule has 0 saturated carbocycles. The van der Waals surface area contributed by atoms with Crippen molar-refractivity contribution in [2.24, 2.45) is 0 Å². The molecule has 0 atom stereocenters. The van der Waals surface area contributed by atoms with Gasteiger partial charge in [0.05, 0.1) is 5.75 Å². The monoisotopic (exact) mass is 351 g/mol. The van der Waals surface area contributed by atoms with Gasteiger partial charge in [-0.1, -0.05) is 72.4 Å². The predicted octanol–water partition coefficient (Wildman–Crippen LogP) is 5.15. The van der Waals surface area contributed by atoms with Crippen molar-refractivity contribution in [1.82, 2.24) is 14.3 Å². The standard InChI is InChI=1S/C18H13N3OS2/c1-3-7-13(8-4-1)15-11-22-16(19-15)12-23-18-20-17(21-24-18)14-9-5-2-6-10-14/h1-11H,12H2. The average molecular weight is 351 g/mol. The third-order valence-electron chi connectivity index (χ3n) is 3.38. The molecule has 0 saturated heterocycles. The Morgan fingerprint density at radius 1 is 0.875 bits per heavy atom. The van der Waals surface area contributed by atoms with Crippen molar-refractivity contribution in [2.45, 2.75) is 10.1 Å². The van der Waals surface area contributed by atoms with Crippen LogP contribution in [-0.4, -0.2) is 14.3 Å². The highest BCUT2D eigenvalue weighted by atomic mass is 32.2. The summed E-state index contributed by atoms with van der Waals surface area (Å²) in [5.74, 6) is 2.09. The lowest BCUT2D eigenvalue weighted by Crippen LogP contribution is -1.82. The third kappa shape index (κ3) is 3.39. The van der Waals surface area contributed by atoms with Gasteiger partial charge in [0, 0.05) is 11.1 Å². The molecule has 118 valence electrons. The lowest BCUT2D eigenvalue weighted by Gasteiger charge is -1.94. The van der Waals surface area contributed by atoms with Crippen LogP contribution in [0.1, 0.15) is 5.89 Å². The first-order chi connectivity index (χ1) is 11.9. The van der Waals surface area contributed by atoms with Gasteiger partial charge >= 0.3 is 0 Å². The molecule has 0 spiro atoms. The Hall–Kier alpha value is -2.44. The SMILES string of the molecule is c1ccc(-c2coc(CSc3nc(-c4ccccc4)ns3)n2)cc1. The zero-order valence-corrected chi connectivity index (χ0v) is 14.3. The van der Waals surface area contributed by atoms with E-state index in [0.29, 0.717) is 11.6 Å². The molecule has 6 heteroatoms. The zero-order chi connectivity index (χ0) is 16.2. The fourth-order valence-electron chi connectivity index (χ4n) is 2.21. The van der Waals surface area contributed by atoms with Crippen molar-refractivity contribution < 1.29 is 4.42 Å². The van der Waals surface area contributed by atoms with Crippen molar-refractivity contribution in [2.75, 3.05) is 0 Å². The van der Waals surface area contributed by atoms with Crippen LogP contribution in [0.5, 0.6) is 0 Å². The molecule has 0 fully saturated rings. The third-order valence-corrected chi connectivity index (χ3v) is 5.20. The van der Waals surface area contributed by atoms with Crippen LogP contribution in [0.3, 0.4) is 0 Å². The van der Waals surface area contributed by atoms with Gasteiger partial charge in [-0.15, -0.1) is 0 Å². The maximum atomic E-state index is 5.56. The van der Waals surface area contributed by atoms with Gasteiger partial charge in [-0.25, -0.2) is 9.97 Å². The second kappa shape index (κ2) is 6.98. The molecule has 4 nitrogen and oxygen atoms in total. The van der Waals surface area contributed by atoms with Crippen LogP contribution < -0.4 is 0 Å². The van der Waals surface area contributed by atoms with E-state index < -0.39 is 0 Å². The molecule has 0 bridgehead atoms. The number of aromatic nitrogens is 3. The molecule has 24 heavy (non-hydrogen) atoms. The second-order valence-corrected chi connectivity index (χ2v) is 7.01. The highest BCUT2D eigenvalue weighted by Gasteiger charge is 2.10. The summed E-state index contributed by atoms with van der Waals surface area (Å²) >= 11 is 2.99. The Balaban J connectivity index is 1.43. The molecule has 0 aliphatic carbocycles. The van der Waals surface area contributed by atoms with Crippen LogP contribution in [0.2, 0.25) is 0 Å². The van der Waals surface area contributed by atoms with Gasteiger partial charge in [0.15, 0.2) is 10.2 Å². The fourth-order valence-corrected chi connectivity index (χ4v) is 3.68. The number of hydrogen-bond donors (Lipinski definition) is 0. The zero-order valence-electron chi connectivity index (χ0n) is 12.6. The fraction of sp³-hybridized carbons (Fsp3) is 0.0556. The summed E-state index contributed by atoms with van der Waals surface area (Å²) in [6, 6.07) is 20.0. The minimum Gasteiger partial charge on any atom is -0.447 e. The van der Waals surface area contributed by atoms with Crippen LogP contribution in [0.25, 0.3) is 22.6 Å². The summed E-state index contributed by atoms with van der Waals surface area (Å²) in [5.41, 5.74) is 2.94. The van der Waals surface area contributed by atoms with E-state index in [1.165, 1.54) is 11.5 Å². The largest absolute Gasteiger partial charge is 0.447 e. The molecule has 0 aliphatic rings. The maximum absolute atomic E-state index is 5.56. The minimum atomic E-state index is 0.635. The molecule has 0 unspecified atom stereocenters. The lowest BCUT2D eigenvalue weighted by molar-refractivity contribution is 0.517. The van der Waals surface area contributed by atoms with Crippen LogP contribution in [-0.2, 0) is 5.75 Å². The first kappa shape index (κ1) is 15.1. The Kier molecular flexibility index (Phi) is 4.40. The molecule has 0 radical (unpaired) electrons. The minimum absolute atomic E-state index is 0.635. The van der Waals surface area contributed by atoms with Gasteiger partial charge < -0.3 is 4.42 Å². The summed E-state index contributed by atoms with van der Waals surface area (Å²) in [6.07, 6.45) is 1.70. The number of oxazole rings is 1. The van der Waals surface area contributed by atoms with E-state index in [0.717, 1.165) is 27.0 Å². The normalized spacial score (nSPS) is 10.8. The molecule has 0 amide bonds. The molecule has 2 aromatic heterocycles. The smallest absolute Gasteiger partial charge is 0.205 e. The average Bonchev–Trinajstić information content (AvgIpc) is 3.31. The summed E-state index contributed by atoms with van der Waals surface area (Å²) in [5, 5.41) is 0. The van der Waals surface area contributed by atoms with Gasteiger partial charge in [-0.2, -0.15) is 4.37 Å². The van der Waals surface area contributed by atoms with Gasteiger partial charge in [0.2, 0.25) is 5.89 Å². The highest BCUT2D eigenvalue weighted by Crippen LogP contribution is 2.28. The van der Waals surface area contributed by atoms with Gasteiger partial charge in [0.1, 0.15) is 12.0 Å². The number of hydrogen-bond acceptors (Lipinski definition) is 6. The second-order valence-electron chi connectivity index (χ2n) is 5.03. The van der Waals surface area contributed by atoms with E-state index in [9.17, 15) is 0 Å². The van der Waals surface area contributed by atoms with E-state index in [1.54, 1.807) is 18.0 Å². The number of nitrogens with zero attached hydrogens (tertiary/aromatic N) is 3. The molecule has 2 heterocycles. The summed E-state index contributed by atoms with van der Waals surface area (Å²) < 4.78 is 10.9. The number of benzene rings is 2. The van der Waals surface area contributed by atoms with Crippen LogP contribution in [0, 0.1) is 0 Å². The van der Waals surface area contributed by atoms with Crippen LogP contribution in [0.4, 0.5) is 0 Å². The van der Waals surface area contributed by atoms with E-state index >= 15 is 0 Å². The van der Waals surface area contributed by atoms with E-state index in [1.807, 2.05) is 60.7 Å². The van der Waals surface area contributed by atoms with Crippen LogP contribution in [0.15, 0.2) is 75.7 Å². The van der Waals surface area contributed by atoms with Crippen molar-refractivity contribution >= 4 is 23.3 Å². The summed E-state index contributed by atoms with van der Waals surface area (Å²) in [4.78, 5) is 9.09. The molecule has 4 aromatic rings. The molecular weight excluding hydrogens is 338 g/mol. The Bertz CT molecular complexity index is 842. The predicted molar refractivity (Wildman–Crippen MR) is 96.8 cm³/mol. The molecule has 0 aliphatic heterocycles. The number of rotatable bonds is 5. The number of thioether (sulfide) groups is 1. The van der Waals surface area contributed by atoms with Gasteiger partial charge in [0.25, 0.3) is 0 Å². The summed E-state index contributed by atoms with van der Waals surface area (Å²) in [7, 11) is 0. The first-order valence-corrected chi connectivity index (χ1v) is 9.16. The van der Waals surface area contributed by atoms with Gasteiger partial charge in [-0.05, 0) is 11.5 Å². The first-order valence-electron chi connectivity index (χ1n) is 7.40. The molecule has 4 rings (SSSR count). The van der Waals surface area contributed by atoms with E-state index in [-0.39, 0.29) is 0 Å². The van der Waals surface area contributed by atoms with Crippen LogP contribution >= 0.6 is 23.3 Å². The Labute approximate surface area is 147 Å². The van der Waals surface area contributed by atoms with Crippen molar-refractivity contribution in [3.05, 3.63) is 72.8 Å². The van der Waals surface area contributed by atoms with E-state index in [2.05, 4.69) is 14.3 Å². The maximum Gasteiger partial charge on any atom is 0.205 e. The quantitative estimate of drug-likeness (QED) is 0.465. The van der Waals surface area contributed by atoms with Crippen molar-refractivity contribution in [3.8, 4) is 22.6 Å².